The number of ether oxygens (including phenoxy) is 2. The zero-order valence-electron chi connectivity index (χ0n) is 23.6. The maximum Gasteiger partial charge on any atom is 0.264 e. The van der Waals surface area contributed by atoms with Gasteiger partial charge in [-0.3, -0.25) is 9.59 Å². The Labute approximate surface area is 240 Å². The van der Waals surface area contributed by atoms with E-state index < -0.39 is 0 Å². The molecular weight excluding hydrogens is 522 g/mol. The number of carbonyl (C=O) groups is 2. The van der Waals surface area contributed by atoms with E-state index >= 15 is 0 Å². The fourth-order valence-electron chi connectivity index (χ4n) is 5.24. The van der Waals surface area contributed by atoms with Gasteiger partial charge in [-0.2, -0.15) is 0 Å². The zero-order valence-corrected chi connectivity index (χ0v) is 24.5. The number of rotatable bonds is 6. The van der Waals surface area contributed by atoms with Crippen LogP contribution in [-0.4, -0.2) is 63.2 Å². The van der Waals surface area contributed by atoms with Crippen LogP contribution in [-0.2, 0) is 4.79 Å². The predicted molar refractivity (Wildman–Crippen MR) is 162 cm³/mol. The lowest BCUT2D eigenvalue weighted by Crippen LogP contribution is -2.53. The van der Waals surface area contributed by atoms with Gasteiger partial charge in [-0.05, 0) is 80.4 Å². The zero-order chi connectivity index (χ0) is 28.4. The van der Waals surface area contributed by atoms with Gasteiger partial charge < -0.3 is 24.2 Å². The lowest BCUT2D eigenvalue weighted by Gasteiger charge is -2.41. The van der Waals surface area contributed by atoms with E-state index in [1.165, 1.54) is 23.0 Å². The first-order valence-electron chi connectivity index (χ1n) is 13.5. The van der Waals surface area contributed by atoms with Crippen LogP contribution < -0.4 is 19.3 Å². The number of hydrogen-bond acceptors (Lipinski definition) is 6. The van der Waals surface area contributed by atoms with Gasteiger partial charge in [0.2, 0.25) is 0 Å². The molecule has 2 amide bonds. The van der Waals surface area contributed by atoms with Crippen LogP contribution in [0.3, 0.4) is 0 Å². The maximum atomic E-state index is 13.5. The van der Waals surface area contributed by atoms with Crippen LogP contribution in [0.2, 0.25) is 0 Å². The van der Waals surface area contributed by atoms with Crippen LogP contribution in [0.25, 0.3) is 6.08 Å². The van der Waals surface area contributed by atoms with Gasteiger partial charge in [0, 0.05) is 48.9 Å². The van der Waals surface area contributed by atoms with Crippen molar-refractivity contribution >= 4 is 41.0 Å². The number of hydrogen-bond donors (Lipinski definition) is 0. The van der Waals surface area contributed by atoms with Crippen LogP contribution in [0.15, 0.2) is 70.5 Å². The van der Waals surface area contributed by atoms with Crippen LogP contribution in [0, 0.1) is 6.92 Å². The molecule has 1 atom stereocenters. The van der Waals surface area contributed by atoms with Crippen molar-refractivity contribution in [3.05, 3.63) is 82.3 Å². The third-order valence-corrected chi connectivity index (χ3v) is 8.41. The Balaban J connectivity index is 1.32. The molecule has 1 saturated heterocycles. The second-order valence-corrected chi connectivity index (χ2v) is 11.2. The Morgan fingerprint density at radius 2 is 1.90 bits per heavy atom. The van der Waals surface area contributed by atoms with Crippen molar-refractivity contribution in [3.63, 3.8) is 0 Å². The monoisotopic (exact) mass is 557 g/mol. The summed E-state index contributed by atoms with van der Waals surface area (Å²) >= 11 is 1.41. The average Bonchev–Trinajstić information content (AvgIpc) is 2.96. The molecule has 0 unspecified atom stereocenters. The quantitative estimate of drug-likeness (QED) is 0.354. The Hall–Kier alpha value is -3.91. The summed E-state index contributed by atoms with van der Waals surface area (Å²) in [7, 11) is 3.35. The van der Waals surface area contributed by atoms with Gasteiger partial charge >= 0.3 is 0 Å². The number of benzene rings is 3. The molecule has 40 heavy (non-hydrogen) atoms. The van der Waals surface area contributed by atoms with Crippen LogP contribution >= 0.6 is 11.8 Å². The fraction of sp³-hybridized carbons (Fsp3) is 0.312. The van der Waals surface area contributed by atoms with Crippen LogP contribution in [0.1, 0.15) is 35.3 Å². The Kier molecular flexibility index (Phi) is 8.07. The van der Waals surface area contributed by atoms with Crippen molar-refractivity contribution < 1.29 is 19.1 Å². The number of methoxy groups -OCH3 is 1. The minimum atomic E-state index is -0.115. The first kappa shape index (κ1) is 27.6. The average molecular weight is 558 g/mol. The molecule has 0 aromatic heterocycles. The van der Waals surface area contributed by atoms with E-state index in [0.717, 1.165) is 22.7 Å². The van der Waals surface area contributed by atoms with Gasteiger partial charge in [-0.25, -0.2) is 0 Å². The van der Waals surface area contributed by atoms with Crippen LogP contribution in [0.4, 0.5) is 11.4 Å². The lowest BCUT2D eigenvalue weighted by atomic mass is 10.1. The Morgan fingerprint density at radius 3 is 2.62 bits per heavy atom. The highest BCUT2D eigenvalue weighted by Crippen LogP contribution is 2.42. The third-order valence-electron chi connectivity index (χ3n) is 7.34. The molecule has 0 aliphatic carbocycles. The SMILES string of the molecule is CCOc1ccc(/C=C2/Sc3ccc(C(=O)N4CCN(c5cccc(C)c5)[C@H](C)C4)cc3N(C)C2=O)cc1OC. The van der Waals surface area contributed by atoms with Crippen molar-refractivity contribution in [2.24, 2.45) is 0 Å². The number of piperazine rings is 1. The fourth-order valence-corrected chi connectivity index (χ4v) is 6.33. The third kappa shape index (κ3) is 5.54. The van der Waals surface area contributed by atoms with Crippen LogP contribution in [0.5, 0.6) is 11.5 Å². The number of thioether (sulfide) groups is 1. The smallest absolute Gasteiger partial charge is 0.264 e. The number of fused-ring (bicyclic) bond motifs is 1. The predicted octanol–water partition coefficient (Wildman–Crippen LogP) is 5.86. The summed E-state index contributed by atoms with van der Waals surface area (Å²) in [6, 6.07) is 20.0. The van der Waals surface area contributed by atoms with Gasteiger partial charge in [0.15, 0.2) is 11.5 Å². The summed E-state index contributed by atoms with van der Waals surface area (Å²) in [4.78, 5) is 34.3. The second-order valence-electron chi connectivity index (χ2n) is 10.1. The highest BCUT2D eigenvalue weighted by molar-refractivity contribution is 8.04. The van der Waals surface area contributed by atoms with Gasteiger partial charge in [-0.1, -0.05) is 30.0 Å². The summed E-state index contributed by atoms with van der Waals surface area (Å²) in [5, 5.41) is 0. The summed E-state index contributed by atoms with van der Waals surface area (Å²) in [5.74, 6) is 1.17. The molecule has 2 aliphatic heterocycles. The number of amides is 2. The van der Waals surface area contributed by atoms with E-state index in [1.54, 1.807) is 19.1 Å². The number of likely N-dealkylation sites (N-methyl/N-ethyl adjacent to an activating group) is 1. The lowest BCUT2D eigenvalue weighted by molar-refractivity contribution is -0.114. The van der Waals surface area contributed by atoms with Crippen molar-refractivity contribution in [1.82, 2.24) is 4.90 Å². The standard InChI is InChI=1S/C32H35N3O4S/c1-6-39-27-12-10-23(17-28(27)38-5)18-30-32(37)33(4)26-19-24(11-13-29(26)40-30)31(36)34-14-15-35(22(3)20-34)25-9-7-8-21(2)16-25/h7-13,16-19,22H,6,14-15,20H2,1-5H3/b30-18+/t22-/m1/s1. The molecule has 0 bridgehead atoms. The molecule has 7 nitrogen and oxygen atoms in total. The summed E-state index contributed by atoms with van der Waals surface area (Å²) in [6.07, 6.45) is 1.86. The molecule has 3 aromatic carbocycles. The molecule has 1 fully saturated rings. The molecule has 0 radical (unpaired) electrons. The van der Waals surface area contributed by atoms with E-state index in [9.17, 15) is 9.59 Å². The van der Waals surface area contributed by atoms with E-state index in [-0.39, 0.29) is 17.9 Å². The minimum Gasteiger partial charge on any atom is -0.493 e. The number of nitrogens with zero attached hydrogens (tertiary/aromatic N) is 3. The van der Waals surface area contributed by atoms with E-state index in [0.29, 0.717) is 41.7 Å². The van der Waals surface area contributed by atoms with Crippen molar-refractivity contribution in [2.75, 3.05) is 50.2 Å². The molecule has 3 aromatic rings. The first-order valence-corrected chi connectivity index (χ1v) is 14.4. The summed E-state index contributed by atoms with van der Waals surface area (Å²) < 4.78 is 11.1. The molecule has 8 heteroatoms. The van der Waals surface area contributed by atoms with Crippen molar-refractivity contribution in [3.8, 4) is 11.5 Å². The molecule has 208 valence electrons. The van der Waals surface area contributed by atoms with Gasteiger partial charge in [0.25, 0.3) is 11.8 Å². The van der Waals surface area contributed by atoms with E-state index in [4.69, 9.17) is 9.47 Å². The largest absolute Gasteiger partial charge is 0.493 e. The second kappa shape index (κ2) is 11.7. The number of aryl methyl sites for hydroxylation is 1. The number of carbonyl (C=O) groups excluding carboxylic acids is 2. The highest BCUT2D eigenvalue weighted by atomic mass is 32.2. The minimum absolute atomic E-state index is 0.00721. The molecule has 0 spiro atoms. The van der Waals surface area contributed by atoms with E-state index in [1.807, 2.05) is 54.3 Å². The Morgan fingerprint density at radius 1 is 1.07 bits per heavy atom. The van der Waals surface area contributed by atoms with Crippen molar-refractivity contribution in [2.45, 2.75) is 31.7 Å². The topological polar surface area (TPSA) is 62.3 Å². The van der Waals surface area contributed by atoms with Gasteiger partial charge in [0.05, 0.1) is 24.3 Å². The Bertz CT molecular complexity index is 1470. The van der Waals surface area contributed by atoms with Gasteiger partial charge in [-0.15, -0.1) is 0 Å². The molecule has 0 saturated carbocycles. The molecular formula is C32H35N3O4S. The maximum absolute atomic E-state index is 13.5. The molecule has 2 heterocycles. The highest BCUT2D eigenvalue weighted by Gasteiger charge is 2.31. The van der Waals surface area contributed by atoms with Gasteiger partial charge in [0.1, 0.15) is 0 Å². The molecule has 5 rings (SSSR count). The van der Waals surface area contributed by atoms with E-state index in [2.05, 4.69) is 43.0 Å². The number of anilines is 2. The van der Waals surface area contributed by atoms with Crippen molar-refractivity contribution in [1.29, 1.82) is 0 Å². The molecule has 2 aliphatic rings. The normalized spacial score (nSPS) is 18.1. The summed E-state index contributed by atoms with van der Waals surface area (Å²) in [5.41, 5.74) is 4.61. The summed E-state index contributed by atoms with van der Waals surface area (Å²) in [6.45, 7) is 8.79. The molecule has 0 N–H and O–H groups in total. The first-order chi connectivity index (χ1) is 19.3.